The van der Waals surface area contributed by atoms with Crippen molar-refractivity contribution in [1.29, 1.82) is 0 Å². The molecule has 2 aromatic heterocycles. The van der Waals surface area contributed by atoms with Gasteiger partial charge in [-0.1, -0.05) is 124 Å². The predicted molar refractivity (Wildman–Crippen MR) is 203 cm³/mol. The first-order valence-electron chi connectivity index (χ1n) is 17.1. The molecule has 0 bridgehead atoms. The van der Waals surface area contributed by atoms with Crippen LogP contribution in [0.2, 0.25) is 0 Å². The van der Waals surface area contributed by atoms with Crippen LogP contribution in [-0.2, 0) is 41.8 Å². The van der Waals surface area contributed by atoms with Crippen LogP contribution >= 0.6 is 0 Å². The second kappa shape index (κ2) is 13.4. The number of benzene rings is 4. The first-order chi connectivity index (χ1) is 22.6. The number of aromatic nitrogens is 2. The maximum atomic E-state index is 5.22. The molecular weight excluding hydrogens is 773 g/mol. The van der Waals surface area contributed by atoms with Gasteiger partial charge in [0.25, 0.3) is 0 Å². The third kappa shape index (κ3) is 6.94. The molecule has 0 aliphatic heterocycles. The van der Waals surface area contributed by atoms with Gasteiger partial charge in [-0.2, -0.15) is 0 Å². The largest absolute Gasteiger partial charge is 0.305 e. The Labute approximate surface area is 307 Å². The second-order valence-electron chi connectivity index (χ2n) is 16.2. The standard InChI is InChI=1S/C35H40N.C11H8N.Ir/c1-32(2,3)22-17-19-26-28(21-22)35(9,10)31-24(13-11-15-27(31)34(26,7)8)30-20-18-23-25(33(4,5)6)14-12-16-29(23)36-30;1-2-6-10(7-3-1)11-8-4-5-9-12-11;/h11-12,14-21H,1-10H3;1-6,8-9H;/q2*-1;. The summed E-state index contributed by atoms with van der Waals surface area (Å²) in [5.41, 5.74) is 13.4. The first kappa shape index (κ1) is 36.4. The zero-order valence-corrected chi connectivity index (χ0v) is 33.0. The van der Waals surface area contributed by atoms with Crippen LogP contribution in [0, 0.1) is 12.1 Å². The number of pyridine rings is 2. The van der Waals surface area contributed by atoms with E-state index in [1.54, 1.807) is 6.20 Å². The fourth-order valence-corrected chi connectivity index (χ4v) is 7.25. The summed E-state index contributed by atoms with van der Waals surface area (Å²) in [5.74, 6) is 0. The van der Waals surface area contributed by atoms with Crippen LogP contribution in [0.3, 0.4) is 0 Å². The molecule has 0 atom stereocenters. The van der Waals surface area contributed by atoms with Crippen LogP contribution in [0.4, 0.5) is 0 Å². The van der Waals surface area contributed by atoms with Crippen molar-refractivity contribution in [2.75, 3.05) is 0 Å². The molecule has 1 aliphatic carbocycles. The van der Waals surface area contributed by atoms with Crippen molar-refractivity contribution in [3.8, 4) is 22.5 Å². The molecule has 0 saturated carbocycles. The number of fused-ring (bicyclic) bond motifs is 3. The molecule has 253 valence electrons. The third-order valence-electron chi connectivity index (χ3n) is 9.97. The van der Waals surface area contributed by atoms with E-state index in [4.69, 9.17) is 4.98 Å². The van der Waals surface area contributed by atoms with Crippen molar-refractivity contribution >= 4 is 10.9 Å². The van der Waals surface area contributed by atoms with E-state index in [-0.39, 0.29) is 41.8 Å². The van der Waals surface area contributed by atoms with E-state index in [2.05, 4.69) is 147 Å². The van der Waals surface area contributed by atoms with E-state index in [9.17, 15) is 0 Å². The molecule has 2 nitrogen and oxygen atoms in total. The van der Waals surface area contributed by atoms with E-state index in [0.717, 1.165) is 28.0 Å². The maximum Gasteiger partial charge on any atom is 0.0598 e. The molecule has 0 spiro atoms. The van der Waals surface area contributed by atoms with Crippen molar-refractivity contribution < 1.29 is 20.1 Å². The Hall–Kier alpha value is -3.91. The van der Waals surface area contributed by atoms with Crippen molar-refractivity contribution in [1.82, 2.24) is 9.97 Å². The van der Waals surface area contributed by atoms with E-state index in [0.29, 0.717) is 0 Å². The summed E-state index contributed by atoms with van der Waals surface area (Å²) in [4.78, 5) is 9.44. The predicted octanol–water partition coefficient (Wildman–Crippen LogP) is 11.8. The maximum absolute atomic E-state index is 5.22. The van der Waals surface area contributed by atoms with Crippen molar-refractivity contribution in [2.24, 2.45) is 0 Å². The summed E-state index contributed by atoms with van der Waals surface area (Å²) in [6, 6.07) is 43.0. The third-order valence-corrected chi connectivity index (χ3v) is 9.97. The van der Waals surface area contributed by atoms with Gasteiger partial charge in [0, 0.05) is 31.7 Å². The quantitative estimate of drug-likeness (QED) is 0.163. The molecule has 1 radical (unpaired) electrons. The average Bonchev–Trinajstić information content (AvgIpc) is 3.07. The Balaban J connectivity index is 0.000000303. The Morgan fingerprint density at radius 3 is 2.00 bits per heavy atom. The van der Waals surface area contributed by atoms with E-state index in [1.165, 1.54) is 38.8 Å². The van der Waals surface area contributed by atoms with Crippen LogP contribution in [0.25, 0.3) is 33.4 Å². The van der Waals surface area contributed by atoms with Gasteiger partial charge in [0.2, 0.25) is 0 Å². The summed E-state index contributed by atoms with van der Waals surface area (Å²) in [7, 11) is 0. The van der Waals surface area contributed by atoms with Gasteiger partial charge in [0.1, 0.15) is 0 Å². The van der Waals surface area contributed by atoms with Gasteiger partial charge in [0.15, 0.2) is 0 Å². The first-order valence-corrected chi connectivity index (χ1v) is 17.1. The fraction of sp³-hybridized carbons (Fsp3) is 0.304. The summed E-state index contributed by atoms with van der Waals surface area (Å²) >= 11 is 0. The van der Waals surface area contributed by atoms with Gasteiger partial charge in [-0.05, 0) is 67.4 Å². The normalized spacial score (nSPS) is 14.5. The molecule has 0 N–H and O–H groups in total. The summed E-state index contributed by atoms with van der Waals surface area (Å²) in [6.45, 7) is 23.2. The molecule has 0 fully saturated rings. The minimum Gasteiger partial charge on any atom is -0.305 e. The van der Waals surface area contributed by atoms with Crippen LogP contribution < -0.4 is 0 Å². The minimum atomic E-state index is -0.168. The fourth-order valence-electron chi connectivity index (χ4n) is 7.25. The van der Waals surface area contributed by atoms with Crippen molar-refractivity contribution in [2.45, 2.75) is 90.9 Å². The van der Waals surface area contributed by atoms with Crippen LogP contribution in [0.1, 0.15) is 103 Å². The number of hydrogen-bond donors (Lipinski definition) is 0. The van der Waals surface area contributed by atoms with Gasteiger partial charge >= 0.3 is 0 Å². The molecule has 2 heterocycles. The van der Waals surface area contributed by atoms with E-state index >= 15 is 0 Å². The topological polar surface area (TPSA) is 25.8 Å². The second-order valence-corrected chi connectivity index (χ2v) is 16.2. The Morgan fingerprint density at radius 1 is 0.592 bits per heavy atom. The van der Waals surface area contributed by atoms with Gasteiger partial charge in [-0.25, -0.2) is 0 Å². The monoisotopic (exact) mass is 821 g/mol. The molecule has 1 aliphatic rings. The van der Waals surface area contributed by atoms with Crippen molar-refractivity contribution in [3.63, 3.8) is 0 Å². The number of rotatable bonds is 2. The average molecular weight is 821 g/mol. The molecule has 7 rings (SSSR count). The SMILES string of the molecule is CC(C)(C)c1ccc2c(c1)C(C)(C)c1c(-c3ccc4c(C(C)(C)C)cccc4n3)[c-]ccc1C2(C)C.[Ir].[c-]1ccccc1-c1ccccn1. The molecule has 3 heteroatoms. The molecular formula is C46H48IrN2-2. The minimum absolute atomic E-state index is 0. The van der Waals surface area contributed by atoms with Crippen LogP contribution in [0.15, 0.2) is 109 Å². The van der Waals surface area contributed by atoms with Gasteiger partial charge in [0.05, 0.1) is 5.52 Å². The van der Waals surface area contributed by atoms with Gasteiger partial charge < -0.3 is 4.98 Å². The Morgan fingerprint density at radius 2 is 1.35 bits per heavy atom. The number of hydrogen-bond acceptors (Lipinski definition) is 2. The zero-order valence-electron chi connectivity index (χ0n) is 30.6. The Kier molecular flexibility index (Phi) is 9.96. The smallest absolute Gasteiger partial charge is 0.0598 e. The van der Waals surface area contributed by atoms with Crippen LogP contribution in [0.5, 0.6) is 0 Å². The number of nitrogens with zero attached hydrogens (tertiary/aromatic N) is 2. The van der Waals surface area contributed by atoms with Gasteiger partial charge in [-0.3, -0.25) is 4.98 Å². The van der Waals surface area contributed by atoms with Crippen LogP contribution in [-0.4, -0.2) is 9.97 Å². The summed E-state index contributed by atoms with van der Waals surface area (Å²) in [5, 5.41) is 1.23. The summed E-state index contributed by atoms with van der Waals surface area (Å²) in [6.07, 6.45) is 1.79. The Bertz CT molecular complexity index is 2040. The van der Waals surface area contributed by atoms with E-state index in [1.807, 2.05) is 42.5 Å². The molecule has 6 aromatic rings. The molecule has 0 unspecified atom stereocenters. The zero-order chi connectivity index (χ0) is 34.5. The molecule has 4 aromatic carbocycles. The van der Waals surface area contributed by atoms with Gasteiger partial charge in [-0.15, -0.1) is 70.8 Å². The molecule has 49 heavy (non-hydrogen) atoms. The summed E-state index contributed by atoms with van der Waals surface area (Å²) < 4.78 is 0. The van der Waals surface area contributed by atoms with Crippen molar-refractivity contribution in [3.05, 3.63) is 155 Å². The molecule has 0 amide bonds. The van der Waals surface area contributed by atoms with E-state index < -0.39 is 0 Å². The molecule has 0 saturated heterocycles.